The average Bonchev–Trinajstić information content (AvgIpc) is 3.55. The fourth-order valence-corrected chi connectivity index (χ4v) is 8.18. The molecule has 36 heavy (non-hydrogen) atoms. The molecular weight excluding hydrogens is 452 g/mol. The maximum atomic E-state index is 12.7. The lowest BCUT2D eigenvalue weighted by Gasteiger charge is -2.62. The first-order valence-electron chi connectivity index (χ1n) is 14.6. The van der Waals surface area contributed by atoms with E-state index in [1.807, 2.05) is 20.8 Å². The summed E-state index contributed by atoms with van der Waals surface area (Å²) in [6.07, 6.45) is 8.84. The van der Waals surface area contributed by atoms with Crippen molar-refractivity contribution in [3.8, 4) is 0 Å². The van der Waals surface area contributed by atoms with E-state index < -0.39 is 5.60 Å². The minimum atomic E-state index is -0.426. The van der Waals surface area contributed by atoms with Crippen LogP contribution in [-0.2, 0) is 20.9 Å². The normalized spacial score (nSPS) is 39.4. The van der Waals surface area contributed by atoms with Crippen molar-refractivity contribution in [3.05, 3.63) is 17.0 Å². The van der Waals surface area contributed by atoms with Crippen LogP contribution >= 0.6 is 0 Å². The average molecular weight is 499 g/mol. The predicted octanol–water partition coefficient (Wildman–Crippen LogP) is 6.10. The number of aromatic nitrogens is 1. The molecular formula is C30H46N2O4. The molecule has 6 aliphatic rings. The zero-order chi connectivity index (χ0) is 25.4. The summed E-state index contributed by atoms with van der Waals surface area (Å²) in [6.45, 7) is 13.8. The van der Waals surface area contributed by atoms with Crippen LogP contribution in [0.1, 0.15) is 122 Å². The van der Waals surface area contributed by atoms with Gasteiger partial charge in [-0.1, -0.05) is 25.9 Å². The van der Waals surface area contributed by atoms with Crippen LogP contribution in [0.2, 0.25) is 0 Å². The predicted molar refractivity (Wildman–Crippen MR) is 137 cm³/mol. The van der Waals surface area contributed by atoms with Crippen molar-refractivity contribution < 1.29 is 18.8 Å². The van der Waals surface area contributed by atoms with Crippen LogP contribution in [0.15, 0.2) is 4.52 Å². The molecule has 0 spiro atoms. The van der Waals surface area contributed by atoms with Gasteiger partial charge in [-0.25, -0.2) is 0 Å². The van der Waals surface area contributed by atoms with Crippen molar-refractivity contribution in [2.24, 2.45) is 29.1 Å². The molecule has 6 atom stereocenters. The third-order valence-electron chi connectivity index (χ3n) is 10.4. The maximum Gasteiger partial charge on any atom is 0.309 e. The highest BCUT2D eigenvalue weighted by Gasteiger charge is 2.57. The number of piperidine rings is 2. The molecule has 6 heteroatoms. The number of rotatable bonds is 6. The van der Waals surface area contributed by atoms with Gasteiger partial charge in [0.25, 0.3) is 0 Å². The van der Waals surface area contributed by atoms with Crippen LogP contribution in [-0.4, -0.2) is 34.9 Å². The molecule has 1 aromatic heterocycles. The summed E-state index contributed by atoms with van der Waals surface area (Å²) < 4.78 is 18.4. The van der Waals surface area contributed by atoms with Gasteiger partial charge in [0.1, 0.15) is 11.4 Å². The Morgan fingerprint density at radius 2 is 1.78 bits per heavy atom. The van der Waals surface area contributed by atoms with Gasteiger partial charge in [-0.15, -0.1) is 0 Å². The van der Waals surface area contributed by atoms with Crippen molar-refractivity contribution >= 4 is 5.97 Å². The highest BCUT2D eigenvalue weighted by molar-refractivity contribution is 5.73. The van der Waals surface area contributed by atoms with Gasteiger partial charge in [0.05, 0.1) is 24.3 Å². The summed E-state index contributed by atoms with van der Waals surface area (Å²) in [5.41, 5.74) is 2.52. The molecule has 200 valence electrons. The molecule has 0 radical (unpaired) electrons. The van der Waals surface area contributed by atoms with E-state index in [1.165, 1.54) is 36.9 Å². The highest BCUT2D eigenvalue weighted by atomic mass is 16.6. The quantitative estimate of drug-likeness (QED) is 0.478. The number of nitrogens with one attached hydrogen (secondary N) is 1. The van der Waals surface area contributed by atoms with E-state index in [2.05, 4.69) is 26.1 Å². The fourth-order valence-electron chi connectivity index (χ4n) is 8.18. The van der Waals surface area contributed by atoms with Gasteiger partial charge >= 0.3 is 5.97 Å². The zero-order valence-electron chi connectivity index (χ0n) is 23.1. The molecule has 0 amide bonds. The van der Waals surface area contributed by atoms with Crippen LogP contribution < -0.4 is 5.32 Å². The standard InChI is InChI=1S/C30H46N2O4/c1-16-23(11-19-12-25(16)30(19,5)6)26-24(27(36-32-26)17-7-8-17)15-34-22-13-20-9-18(10-21(14-22)31-20)28(33)35-29(2,3)4/h16-23,25,31H,7-15H2,1-6H3. The molecule has 4 aliphatic carbocycles. The van der Waals surface area contributed by atoms with E-state index in [-0.39, 0.29) is 18.0 Å². The lowest BCUT2D eigenvalue weighted by atomic mass is 9.43. The lowest BCUT2D eigenvalue weighted by molar-refractivity contribution is -0.162. The number of hydrogen-bond donors (Lipinski definition) is 1. The summed E-state index contributed by atoms with van der Waals surface area (Å²) in [4.78, 5) is 12.7. The minimum absolute atomic E-state index is 0.00366. The largest absolute Gasteiger partial charge is 0.460 e. The Kier molecular flexibility index (Phi) is 6.11. The first-order valence-corrected chi connectivity index (χ1v) is 14.6. The summed E-state index contributed by atoms with van der Waals surface area (Å²) in [5.74, 6) is 4.34. The number of fused-ring (bicyclic) bond motifs is 4. The van der Waals surface area contributed by atoms with Gasteiger partial charge in [0, 0.05) is 29.5 Å². The van der Waals surface area contributed by atoms with Gasteiger partial charge in [0.15, 0.2) is 0 Å². The number of ether oxygens (including phenoxy) is 2. The number of hydrogen-bond acceptors (Lipinski definition) is 6. The second kappa shape index (κ2) is 8.83. The van der Waals surface area contributed by atoms with E-state index >= 15 is 0 Å². The SMILES string of the molecule is CC1C(c2noc(C3CC3)c2COC2CC3CC(C(=O)OC(C)(C)C)CC(C2)N3)CC2CC1C2(C)C. The first kappa shape index (κ1) is 24.9. The molecule has 3 heterocycles. The summed E-state index contributed by atoms with van der Waals surface area (Å²) in [5, 5.41) is 8.45. The van der Waals surface area contributed by atoms with E-state index in [1.54, 1.807) is 0 Å². The number of esters is 1. The van der Waals surface area contributed by atoms with Gasteiger partial charge in [0.2, 0.25) is 0 Å². The molecule has 2 aliphatic heterocycles. The Morgan fingerprint density at radius 1 is 1.08 bits per heavy atom. The fraction of sp³-hybridized carbons (Fsp3) is 0.867. The van der Waals surface area contributed by atoms with Gasteiger partial charge in [-0.3, -0.25) is 4.79 Å². The topological polar surface area (TPSA) is 73.6 Å². The molecule has 7 rings (SSSR count). The van der Waals surface area contributed by atoms with Crippen LogP contribution in [0.4, 0.5) is 0 Å². The maximum absolute atomic E-state index is 12.7. The number of nitrogens with zero attached hydrogens (tertiary/aromatic N) is 1. The summed E-state index contributed by atoms with van der Waals surface area (Å²) >= 11 is 0. The molecule has 4 saturated carbocycles. The molecule has 6 fully saturated rings. The van der Waals surface area contributed by atoms with Crippen molar-refractivity contribution in [1.29, 1.82) is 0 Å². The van der Waals surface area contributed by atoms with E-state index in [0.717, 1.165) is 43.3 Å². The van der Waals surface area contributed by atoms with Gasteiger partial charge in [-0.2, -0.15) is 0 Å². The van der Waals surface area contributed by atoms with Crippen LogP contribution in [0.25, 0.3) is 0 Å². The third-order valence-corrected chi connectivity index (χ3v) is 10.4. The van der Waals surface area contributed by atoms with E-state index in [9.17, 15) is 4.79 Å². The smallest absolute Gasteiger partial charge is 0.309 e. The molecule has 0 aromatic carbocycles. The van der Waals surface area contributed by atoms with Crippen LogP contribution in [0.5, 0.6) is 0 Å². The second-order valence-electron chi connectivity index (χ2n) is 14.4. The molecule has 1 N–H and O–H groups in total. The monoisotopic (exact) mass is 498 g/mol. The van der Waals surface area contributed by atoms with Crippen molar-refractivity contribution in [2.75, 3.05) is 0 Å². The Bertz CT molecular complexity index is 976. The summed E-state index contributed by atoms with van der Waals surface area (Å²) in [6, 6.07) is 0.634. The Balaban J connectivity index is 1.11. The van der Waals surface area contributed by atoms with Crippen LogP contribution in [0, 0.1) is 29.1 Å². The molecule has 1 aromatic rings. The van der Waals surface area contributed by atoms with E-state index in [4.69, 9.17) is 19.2 Å². The summed E-state index contributed by atoms with van der Waals surface area (Å²) in [7, 11) is 0. The first-order chi connectivity index (χ1) is 17.0. The number of carbonyl (C=O) groups is 1. The Labute approximate surface area is 216 Å². The van der Waals surface area contributed by atoms with Crippen molar-refractivity contribution in [2.45, 2.75) is 135 Å². The number of carbonyl (C=O) groups excluding carboxylic acids is 1. The highest BCUT2D eigenvalue weighted by Crippen LogP contribution is 2.65. The zero-order valence-corrected chi connectivity index (χ0v) is 23.1. The molecule has 6 nitrogen and oxygen atoms in total. The van der Waals surface area contributed by atoms with Gasteiger partial charge < -0.3 is 19.3 Å². The van der Waals surface area contributed by atoms with Gasteiger partial charge in [-0.05, 0) is 95.3 Å². The second-order valence-corrected chi connectivity index (χ2v) is 14.4. The molecule has 6 unspecified atom stereocenters. The Hall–Kier alpha value is -1.40. The lowest BCUT2D eigenvalue weighted by Crippen LogP contribution is -2.54. The van der Waals surface area contributed by atoms with Crippen molar-refractivity contribution in [1.82, 2.24) is 10.5 Å². The third kappa shape index (κ3) is 4.55. The van der Waals surface area contributed by atoms with Crippen LogP contribution in [0.3, 0.4) is 0 Å². The minimum Gasteiger partial charge on any atom is -0.460 e. The molecule has 2 saturated heterocycles. The van der Waals surface area contributed by atoms with Crippen molar-refractivity contribution in [3.63, 3.8) is 0 Å². The molecule has 4 bridgehead atoms. The Morgan fingerprint density at radius 3 is 2.36 bits per heavy atom. The van der Waals surface area contributed by atoms with E-state index in [0.29, 0.717) is 41.9 Å².